The van der Waals surface area contributed by atoms with Gasteiger partial charge in [-0.2, -0.15) is 4.98 Å². The highest BCUT2D eigenvalue weighted by Crippen LogP contribution is 2.21. The molecule has 0 saturated heterocycles. The summed E-state index contributed by atoms with van der Waals surface area (Å²) in [6.07, 6.45) is 1.42. The molecule has 0 amide bonds. The summed E-state index contributed by atoms with van der Waals surface area (Å²) in [6.45, 7) is 0.425. The van der Waals surface area contributed by atoms with Crippen LogP contribution in [0.4, 0.5) is 0 Å². The number of hydrogen-bond donors (Lipinski definition) is 1. The van der Waals surface area contributed by atoms with E-state index in [4.69, 9.17) is 4.74 Å². The second kappa shape index (κ2) is 7.22. The van der Waals surface area contributed by atoms with Crippen LogP contribution in [-0.4, -0.2) is 24.5 Å². The molecule has 1 N–H and O–H groups in total. The highest BCUT2D eigenvalue weighted by Gasteiger charge is 2.18. The van der Waals surface area contributed by atoms with Crippen molar-refractivity contribution in [2.24, 2.45) is 0 Å². The number of H-pyrrole nitrogens is 1. The van der Waals surface area contributed by atoms with Crippen LogP contribution in [0.1, 0.15) is 11.3 Å². The number of benzene rings is 1. The zero-order chi connectivity index (χ0) is 17.1. The average Bonchev–Trinajstić information content (AvgIpc) is 3.23. The van der Waals surface area contributed by atoms with E-state index in [1.54, 1.807) is 17.4 Å². The number of nitrogens with zero attached hydrogens (tertiary/aromatic N) is 3. The van der Waals surface area contributed by atoms with Crippen LogP contribution < -0.4 is 4.74 Å². The second-order valence-corrected chi connectivity index (χ2v) is 7.43. The van der Waals surface area contributed by atoms with E-state index in [1.165, 1.54) is 6.33 Å². The molecule has 0 radical (unpaired) electrons. The monoisotopic (exact) mass is 370 g/mol. The summed E-state index contributed by atoms with van der Waals surface area (Å²) >= 11 is 0.258. The quantitative estimate of drug-likeness (QED) is 0.526. The molecule has 3 heterocycles. The summed E-state index contributed by atoms with van der Waals surface area (Å²) in [5, 5.41) is 4.33. The average molecular weight is 370 g/mol. The van der Waals surface area contributed by atoms with E-state index >= 15 is 0 Å². The van der Waals surface area contributed by atoms with E-state index in [0.29, 0.717) is 23.3 Å². The van der Waals surface area contributed by atoms with Gasteiger partial charge >= 0.3 is 5.16 Å². The summed E-state index contributed by atoms with van der Waals surface area (Å²) in [6, 6.07) is 11.6. The standard InChI is InChI=1S/C17H14N4O2S2/c22-25(17-20-14-8-24-9-15(14)21-17)10-13-6-16(19-11-18-13)23-7-12-4-2-1-3-5-12/h1-6,8-9,11H,7,10H2,(H,20,21). The van der Waals surface area contributed by atoms with Gasteiger partial charge in [0.05, 0.1) is 11.2 Å². The molecule has 0 aliphatic heterocycles. The van der Waals surface area contributed by atoms with Crippen molar-refractivity contribution < 1.29 is 9.29 Å². The van der Waals surface area contributed by atoms with Crippen LogP contribution in [0.15, 0.2) is 58.6 Å². The highest BCUT2D eigenvalue weighted by atomic mass is 32.2. The zero-order valence-electron chi connectivity index (χ0n) is 13.1. The Morgan fingerprint density at radius 2 is 2.04 bits per heavy atom. The van der Waals surface area contributed by atoms with E-state index < -0.39 is 11.2 Å². The Labute approximate surface area is 151 Å². The Hall–Kier alpha value is -2.42. The molecule has 8 heteroatoms. The van der Waals surface area contributed by atoms with E-state index in [1.807, 2.05) is 41.1 Å². The van der Waals surface area contributed by atoms with Crippen molar-refractivity contribution in [3.05, 3.63) is 64.7 Å². The van der Waals surface area contributed by atoms with E-state index in [2.05, 4.69) is 19.9 Å². The van der Waals surface area contributed by atoms with Crippen LogP contribution in [-0.2, 0) is 23.5 Å². The van der Waals surface area contributed by atoms with Gasteiger partial charge in [-0.25, -0.2) is 9.97 Å². The smallest absolute Gasteiger partial charge is 0.322 e. The molecular formula is C17H14N4O2S2. The summed E-state index contributed by atoms with van der Waals surface area (Å²) < 4.78 is 18.2. The lowest BCUT2D eigenvalue weighted by atomic mass is 10.2. The number of nitrogens with one attached hydrogen (secondary N) is 1. The Bertz CT molecular complexity index is 942. The molecule has 4 aromatic rings. The lowest BCUT2D eigenvalue weighted by Crippen LogP contribution is -2.09. The summed E-state index contributed by atoms with van der Waals surface area (Å²) in [5.74, 6) is 0.717. The highest BCUT2D eigenvalue weighted by molar-refractivity contribution is 7.90. The SMILES string of the molecule is [O-][S+](Cc1cc(OCc2ccccc2)ncn1)c1nc2cscc2[nH]1. The molecule has 0 saturated carbocycles. The first kappa shape index (κ1) is 16.1. The Morgan fingerprint density at radius 3 is 2.88 bits per heavy atom. The van der Waals surface area contributed by atoms with Crippen molar-refractivity contribution in [3.8, 4) is 5.88 Å². The number of aromatic nitrogens is 4. The molecule has 1 atom stereocenters. The van der Waals surface area contributed by atoms with Crippen LogP contribution in [0.3, 0.4) is 0 Å². The van der Waals surface area contributed by atoms with E-state index in [9.17, 15) is 4.55 Å². The molecule has 0 spiro atoms. The number of fused-ring (bicyclic) bond motifs is 1. The maximum atomic E-state index is 12.5. The lowest BCUT2D eigenvalue weighted by molar-refractivity contribution is 0.293. The normalized spacial score (nSPS) is 12.4. The minimum atomic E-state index is -1.30. The molecule has 0 bridgehead atoms. The maximum absolute atomic E-state index is 12.5. The number of ether oxygens (including phenoxy) is 1. The van der Waals surface area contributed by atoms with Gasteiger partial charge in [-0.1, -0.05) is 30.3 Å². The minimum absolute atomic E-state index is 0.254. The third-order valence-electron chi connectivity index (χ3n) is 3.53. The van der Waals surface area contributed by atoms with Gasteiger partial charge in [0.1, 0.15) is 18.5 Å². The van der Waals surface area contributed by atoms with E-state index in [0.717, 1.165) is 16.6 Å². The molecule has 0 aliphatic carbocycles. The van der Waals surface area contributed by atoms with Gasteiger partial charge in [0.25, 0.3) is 0 Å². The topological polar surface area (TPSA) is 86.8 Å². The molecule has 0 aliphatic rings. The van der Waals surface area contributed by atoms with Crippen LogP contribution in [0.2, 0.25) is 0 Å². The summed E-state index contributed by atoms with van der Waals surface area (Å²) in [5.41, 5.74) is 3.45. The fraction of sp³-hybridized carbons (Fsp3) is 0.118. The van der Waals surface area contributed by atoms with Gasteiger partial charge in [0.2, 0.25) is 5.88 Å². The van der Waals surface area contributed by atoms with Crippen molar-refractivity contribution in [1.29, 1.82) is 0 Å². The van der Waals surface area contributed by atoms with Crippen LogP contribution in [0, 0.1) is 0 Å². The van der Waals surface area contributed by atoms with Crippen molar-refractivity contribution in [1.82, 2.24) is 19.9 Å². The predicted octanol–water partition coefficient (Wildman–Crippen LogP) is 3.30. The Balaban J connectivity index is 1.43. The molecule has 4 rings (SSSR count). The molecule has 1 aromatic carbocycles. The van der Waals surface area contributed by atoms with Crippen molar-refractivity contribution in [3.63, 3.8) is 0 Å². The van der Waals surface area contributed by atoms with Gasteiger partial charge in [0, 0.05) is 28.0 Å². The molecule has 6 nitrogen and oxygen atoms in total. The minimum Gasteiger partial charge on any atom is -0.609 e. The van der Waals surface area contributed by atoms with Gasteiger partial charge in [-0.3, -0.25) is 4.98 Å². The molecule has 126 valence electrons. The third kappa shape index (κ3) is 3.81. The van der Waals surface area contributed by atoms with Gasteiger partial charge in [-0.15, -0.1) is 11.3 Å². The van der Waals surface area contributed by atoms with Crippen LogP contribution in [0.25, 0.3) is 11.0 Å². The van der Waals surface area contributed by atoms with Crippen molar-refractivity contribution in [2.75, 3.05) is 0 Å². The Kier molecular flexibility index (Phi) is 4.64. The predicted molar refractivity (Wildman–Crippen MR) is 96.9 cm³/mol. The molecule has 0 fully saturated rings. The first-order chi connectivity index (χ1) is 12.3. The third-order valence-corrected chi connectivity index (χ3v) is 5.44. The molecular weight excluding hydrogens is 356 g/mol. The van der Waals surface area contributed by atoms with Crippen molar-refractivity contribution in [2.45, 2.75) is 17.5 Å². The van der Waals surface area contributed by atoms with Crippen molar-refractivity contribution >= 4 is 33.5 Å². The number of thiophene rings is 1. The lowest BCUT2D eigenvalue weighted by Gasteiger charge is -2.08. The maximum Gasteiger partial charge on any atom is 0.322 e. The van der Waals surface area contributed by atoms with Crippen LogP contribution in [0.5, 0.6) is 5.88 Å². The fourth-order valence-corrected chi connectivity index (χ4v) is 3.98. The summed E-state index contributed by atoms with van der Waals surface area (Å²) in [4.78, 5) is 15.7. The van der Waals surface area contributed by atoms with Gasteiger partial charge in [0.15, 0.2) is 5.75 Å². The number of aromatic amines is 1. The van der Waals surface area contributed by atoms with Crippen LogP contribution >= 0.6 is 11.3 Å². The molecule has 25 heavy (non-hydrogen) atoms. The van der Waals surface area contributed by atoms with E-state index in [-0.39, 0.29) is 5.75 Å². The number of hydrogen-bond acceptors (Lipinski definition) is 6. The molecule has 3 aromatic heterocycles. The largest absolute Gasteiger partial charge is 0.609 e. The zero-order valence-corrected chi connectivity index (χ0v) is 14.7. The van der Waals surface area contributed by atoms with Gasteiger partial charge < -0.3 is 9.29 Å². The molecule has 1 unspecified atom stereocenters. The summed E-state index contributed by atoms with van der Waals surface area (Å²) in [7, 11) is 0. The first-order valence-corrected chi connectivity index (χ1v) is 9.82. The second-order valence-electron chi connectivity index (χ2n) is 5.32. The number of imidazole rings is 1. The first-order valence-electron chi connectivity index (χ1n) is 7.56. The fourth-order valence-electron chi connectivity index (χ4n) is 2.30. The Morgan fingerprint density at radius 1 is 1.16 bits per heavy atom. The van der Waals surface area contributed by atoms with Gasteiger partial charge in [-0.05, 0) is 5.56 Å². The number of rotatable bonds is 6.